The third-order valence-corrected chi connectivity index (χ3v) is 4.45. The number of aliphatic hydroxyl groups is 1. The predicted molar refractivity (Wildman–Crippen MR) is 74.4 cm³/mol. The van der Waals surface area contributed by atoms with Crippen molar-refractivity contribution in [2.45, 2.75) is 25.7 Å². The Morgan fingerprint density at radius 1 is 1.42 bits per heavy atom. The summed E-state index contributed by atoms with van der Waals surface area (Å²) < 4.78 is 13.7. The van der Waals surface area contributed by atoms with Crippen molar-refractivity contribution in [2.75, 3.05) is 13.2 Å². The molecule has 5 heteroatoms. The first-order chi connectivity index (χ1) is 9.06. The molecule has 2 N–H and O–H groups in total. The van der Waals surface area contributed by atoms with E-state index in [1.54, 1.807) is 6.07 Å². The van der Waals surface area contributed by atoms with Crippen molar-refractivity contribution in [1.82, 2.24) is 5.32 Å². The Morgan fingerprint density at radius 3 is 2.68 bits per heavy atom. The lowest BCUT2D eigenvalue weighted by atomic mass is 9.87. The second-order valence-corrected chi connectivity index (χ2v) is 6.03. The molecule has 1 fully saturated rings. The van der Waals surface area contributed by atoms with E-state index in [1.807, 2.05) is 0 Å². The van der Waals surface area contributed by atoms with Crippen molar-refractivity contribution >= 4 is 21.8 Å². The third kappa shape index (κ3) is 3.34. The van der Waals surface area contributed by atoms with E-state index in [2.05, 4.69) is 21.2 Å². The molecular weight excluding hydrogens is 313 g/mol. The fourth-order valence-electron chi connectivity index (χ4n) is 2.52. The van der Waals surface area contributed by atoms with E-state index >= 15 is 0 Å². The molecule has 1 aliphatic rings. The molecule has 1 aromatic carbocycles. The van der Waals surface area contributed by atoms with Gasteiger partial charge in [0.1, 0.15) is 5.82 Å². The first kappa shape index (κ1) is 14.5. The molecule has 3 nitrogen and oxygen atoms in total. The first-order valence-electron chi connectivity index (χ1n) is 6.40. The van der Waals surface area contributed by atoms with Gasteiger partial charge in [0.15, 0.2) is 0 Å². The minimum Gasteiger partial charge on any atom is -0.396 e. The summed E-state index contributed by atoms with van der Waals surface area (Å²) in [5.74, 6) is -0.753. The average Bonchev–Trinajstić information content (AvgIpc) is 2.89. The number of halogens is 2. The SMILES string of the molecule is O=C(NCC1(CO)CCCC1)c1ccc(Br)c(F)c1. The number of nitrogens with one attached hydrogen (secondary N) is 1. The van der Waals surface area contributed by atoms with Gasteiger partial charge < -0.3 is 10.4 Å². The van der Waals surface area contributed by atoms with Gasteiger partial charge in [-0.2, -0.15) is 0 Å². The van der Waals surface area contributed by atoms with Gasteiger partial charge in [-0.15, -0.1) is 0 Å². The van der Waals surface area contributed by atoms with Gasteiger partial charge in [-0.05, 0) is 47.0 Å². The van der Waals surface area contributed by atoms with Crippen LogP contribution in [0.15, 0.2) is 22.7 Å². The third-order valence-electron chi connectivity index (χ3n) is 3.81. The fraction of sp³-hybridized carbons (Fsp3) is 0.500. The lowest BCUT2D eigenvalue weighted by molar-refractivity contribution is 0.0880. The molecule has 0 bridgehead atoms. The maximum atomic E-state index is 13.4. The largest absolute Gasteiger partial charge is 0.396 e. The molecule has 1 amide bonds. The van der Waals surface area contributed by atoms with Crippen LogP contribution in [-0.2, 0) is 0 Å². The molecule has 0 unspecified atom stereocenters. The number of rotatable bonds is 4. The number of aliphatic hydroxyl groups excluding tert-OH is 1. The second kappa shape index (κ2) is 6.01. The lowest BCUT2D eigenvalue weighted by Gasteiger charge is -2.26. The van der Waals surface area contributed by atoms with Crippen LogP contribution < -0.4 is 5.32 Å². The van der Waals surface area contributed by atoms with Crippen LogP contribution in [0.25, 0.3) is 0 Å². The minimum absolute atomic E-state index is 0.0853. The Kier molecular flexibility index (Phi) is 4.58. The van der Waals surface area contributed by atoms with Crippen LogP contribution in [0.2, 0.25) is 0 Å². The van der Waals surface area contributed by atoms with E-state index in [1.165, 1.54) is 12.1 Å². The van der Waals surface area contributed by atoms with Crippen molar-refractivity contribution in [3.8, 4) is 0 Å². The summed E-state index contributed by atoms with van der Waals surface area (Å²) in [5.41, 5.74) is 0.107. The van der Waals surface area contributed by atoms with E-state index in [-0.39, 0.29) is 17.9 Å². The number of amides is 1. The molecule has 0 spiro atoms. The summed E-state index contributed by atoms with van der Waals surface area (Å²) in [6, 6.07) is 4.30. The molecule has 0 radical (unpaired) electrons. The highest BCUT2D eigenvalue weighted by molar-refractivity contribution is 9.10. The number of hydrogen-bond acceptors (Lipinski definition) is 2. The first-order valence-corrected chi connectivity index (χ1v) is 7.20. The predicted octanol–water partition coefficient (Wildman–Crippen LogP) is 2.87. The number of hydrogen-bond donors (Lipinski definition) is 2. The molecule has 0 atom stereocenters. The van der Waals surface area contributed by atoms with Gasteiger partial charge in [0, 0.05) is 17.5 Å². The van der Waals surface area contributed by atoms with Crippen molar-refractivity contribution in [3.05, 3.63) is 34.1 Å². The molecule has 0 heterocycles. The Hall–Kier alpha value is -0.940. The van der Waals surface area contributed by atoms with Gasteiger partial charge in [0.05, 0.1) is 11.1 Å². The van der Waals surface area contributed by atoms with Gasteiger partial charge >= 0.3 is 0 Å². The molecule has 1 saturated carbocycles. The highest BCUT2D eigenvalue weighted by atomic mass is 79.9. The van der Waals surface area contributed by atoms with Crippen molar-refractivity contribution in [2.24, 2.45) is 5.41 Å². The lowest BCUT2D eigenvalue weighted by Crippen LogP contribution is -2.38. The quantitative estimate of drug-likeness (QED) is 0.892. The Labute approximate surface area is 120 Å². The zero-order valence-corrected chi connectivity index (χ0v) is 12.2. The summed E-state index contributed by atoms with van der Waals surface area (Å²) in [6.45, 7) is 0.530. The topological polar surface area (TPSA) is 49.3 Å². The van der Waals surface area contributed by atoms with Crippen LogP contribution in [0, 0.1) is 11.2 Å². The summed E-state index contributed by atoms with van der Waals surface area (Å²) >= 11 is 3.05. The van der Waals surface area contributed by atoms with Gasteiger partial charge in [-0.1, -0.05) is 12.8 Å². The standard InChI is InChI=1S/C14H17BrFNO2/c15-11-4-3-10(7-12(11)16)13(19)17-8-14(9-18)5-1-2-6-14/h3-4,7,18H,1-2,5-6,8-9H2,(H,17,19). The molecular formula is C14H17BrFNO2. The highest BCUT2D eigenvalue weighted by Crippen LogP contribution is 2.36. The summed E-state index contributed by atoms with van der Waals surface area (Å²) in [6.07, 6.45) is 4.03. The molecule has 19 heavy (non-hydrogen) atoms. The minimum atomic E-state index is -0.453. The summed E-state index contributed by atoms with van der Waals surface area (Å²) in [4.78, 5) is 11.9. The monoisotopic (exact) mass is 329 g/mol. The highest BCUT2D eigenvalue weighted by Gasteiger charge is 2.33. The zero-order chi connectivity index (χ0) is 13.9. The van der Waals surface area contributed by atoms with Crippen LogP contribution in [0.4, 0.5) is 4.39 Å². The van der Waals surface area contributed by atoms with E-state index in [4.69, 9.17) is 0 Å². The Morgan fingerprint density at radius 2 is 2.11 bits per heavy atom. The van der Waals surface area contributed by atoms with Crippen LogP contribution >= 0.6 is 15.9 Å². The van der Waals surface area contributed by atoms with E-state index < -0.39 is 5.82 Å². The molecule has 1 aromatic rings. The number of carbonyl (C=O) groups is 1. The molecule has 0 aromatic heterocycles. The van der Waals surface area contributed by atoms with Gasteiger partial charge in [-0.3, -0.25) is 4.79 Å². The van der Waals surface area contributed by atoms with Crippen molar-refractivity contribution in [3.63, 3.8) is 0 Å². The molecule has 1 aliphatic carbocycles. The molecule has 0 aliphatic heterocycles. The average molecular weight is 330 g/mol. The molecule has 2 rings (SSSR count). The van der Waals surface area contributed by atoms with Crippen molar-refractivity contribution < 1.29 is 14.3 Å². The number of benzene rings is 1. The fourth-order valence-corrected chi connectivity index (χ4v) is 2.77. The Balaban J connectivity index is 1.99. The Bertz CT molecular complexity index is 473. The molecule has 104 valence electrons. The summed E-state index contributed by atoms with van der Waals surface area (Å²) in [7, 11) is 0. The van der Waals surface area contributed by atoms with E-state index in [0.717, 1.165) is 25.7 Å². The van der Waals surface area contributed by atoms with Crippen LogP contribution in [0.5, 0.6) is 0 Å². The van der Waals surface area contributed by atoms with Crippen LogP contribution in [0.3, 0.4) is 0 Å². The van der Waals surface area contributed by atoms with E-state index in [0.29, 0.717) is 16.6 Å². The maximum absolute atomic E-state index is 13.4. The maximum Gasteiger partial charge on any atom is 0.251 e. The normalized spacial score (nSPS) is 17.4. The van der Waals surface area contributed by atoms with Crippen LogP contribution in [0.1, 0.15) is 36.0 Å². The second-order valence-electron chi connectivity index (χ2n) is 5.18. The van der Waals surface area contributed by atoms with Crippen molar-refractivity contribution in [1.29, 1.82) is 0 Å². The van der Waals surface area contributed by atoms with Gasteiger partial charge in [0.25, 0.3) is 5.91 Å². The molecule has 0 saturated heterocycles. The zero-order valence-electron chi connectivity index (χ0n) is 10.6. The smallest absolute Gasteiger partial charge is 0.251 e. The van der Waals surface area contributed by atoms with Gasteiger partial charge in [-0.25, -0.2) is 4.39 Å². The van der Waals surface area contributed by atoms with Crippen LogP contribution in [-0.4, -0.2) is 24.2 Å². The summed E-state index contributed by atoms with van der Waals surface area (Å²) in [5, 5.41) is 12.3. The van der Waals surface area contributed by atoms with E-state index in [9.17, 15) is 14.3 Å². The number of carbonyl (C=O) groups excluding carboxylic acids is 1. The van der Waals surface area contributed by atoms with Gasteiger partial charge in [0.2, 0.25) is 0 Å².